The predicted octanol–water partition coefficient (Wildman–Crippen LogP) is 3.11. The Hall–Kier alpha value is -2.82. The normalized spacial score (nSPS) is 9.81. The van der Waals surface area contributed by atoms with Gasteiger partial charge in [-0.2, -0.15) is 0 Å². The van der Waals surface area contributed by atoms with Gasteiger partial charge in [0.15, 0.2) is 0 Å². The van der Waals surface area contributed by atoms with E-state index in [4.69, 9.17) is 4.74 Å². The van der Waals surface area contributed by atoms with Crippen molar-refractivity contribution in [2.45, 2.75) is 0 Å². The molecule has 0 atom stereocenters. The molecular weight excluding hydrogens is 270 g/mol. The highest BCUT2D eigenvalue weighted by atomic mass is 16.6. The summed E-state index contributed by atoms with van der Waals surface area (Å²) in [5.74, 6) is -0.199. The first-order valence-corrected chi connectivity index (χ1v) is 6.31. The standard InChI is InChI=1S/C16H15NO4/c1-17(13-8-4-3-5-9-13)16(19)21-14-10-6-7-12(11-14)15(18)20-2/h3-11H,1-2H3. The highest BCUT2D eigenvalue weighted by molar-refractivity contribution is 5.91. The minimum Gasteiger partial charge on any atom is -0.465 e. The van der Waals surface area contributed by atoms with Crippen LogP contribution in [0.1, 0.15) is 10.4 Å². The number of ether oxygens (including phenoxy) is 2. The maximum atomic E-state index is 12.1. The molecule has 5 heteroatoms. The summed E-state index contributed by atoms with van der Waals surface area (Å²) in [7, 11) is 2.91. The smallest absolute Gasteiger partial charge is 0.419 e. The van der Waals surface area contributed by atoms with Crippen LogP contribution in [-0.2, 0) is 4.74 Å². The van der Waals surface area contributed by atoms with Gasteiger partial charge in [-0.05, 0) is 30.3 Å². The number of methoxy groups -OCH3 is 1. The van der Waals surface area contributed by atoms with Gasteiger partial charge < -0.3 is 9.47 Å². The number of amides is 1. The first kappa shape index (κ1) is 14.6. The summed E-state index contributed by atoms with van der Waals surface area (Å²) in [5.41, 5.74) is 1.04. The van der Waals surface area contributed by atoms with Crippen molar-refractivity contribution in [2.24, 2.45) is 0 Å². The summed E-state index contributed by atoms with van der Waals surface area (Å²) in [4.78, 5) is 24.9. The van der Waals surface area contributed by atoms with Crippen molar-refractivity contribution in [3.63, 3.8) is 0 Å². The first-order valence-electron chi connectivity index (χ1n) is 6.31. The highest BCUT2D eigenvalue weighted by Crippen LogP contribution is 2.17. The van der Waals surface area contributed by atoms with Gasteiger partial charge in [0.25, 0.3) is 0 Å². The Morgan fingerprint density at radius 1 is 1.00 bits per heavy atom. The molecule has 2 aromatic rings. The molecule has 0 N–H and O–H groups in total. The fourth-order valence-electron chi connectivity index (χ4n) is 1.73. The number of anilines is 1. The summed E-state index contributed by atoms with van der Waals surface area (Å²) in [6.45, 7) is 0. The number of rotatable bonds is 3. The van der Waals surface area contributed by atoms with Crippen LogP contribution < -0.4 is 9.64 Å². The Kier molecular flexibility index (Phi) is 4.56. The van der Waals surface area contributed by atoms with Gasteiger partial charge in [0.2, 0.25) is 0 Å². The van der Waals surface area contributed by atoms with Gasteiger partial charge in [-0.1, -0.05) is 24.3 Å². The first-order chi connectivity index (χ1) is 10.1. The molecule has 2 aromatic carbocycles. The van der Waals surface area contributed by atoms with Crippen LogP contribution in [0.4, 0.5) is 10.5 Å². The second kappa shape index (κ2) is 6.56. The molecule has 0 aliphatic carbocycles. The SMILES string of the molecule is COC(=O)c1cccc(OC(=O)N(C)c2ccccc2)c1. The third-order valence-electron chi connectivity index (χ3n) is 2.88. The average molecular weight is 285 g/mol. The Bertz CT molecular complexity index is 640. The van der Waals surface area contributed by atoms with E-state index < -0.39 is 12.1 Å². The Balaban J connectivity index is 2.11. The summed E-state index contributed by atoms with van der Waals surface area (Å²) in [6, 6.07) is 15.4. The maximum Gasteiger partial charge on any atom is 0.419 e. The minimum atomic E-state index is -0.539. The quantitative estimate of drug-likeness (QED) is 0.813. The molecule has 0 aromatic heterocycles. The number of carbonyl (C=O) groups is 2. The maximum absolute atomic E-state index is 12.1. The van der Waals surface area contributed by atoms with Gasteiger partial charge >= 0.3 is 12.1 Å². The molecule has 0 aliphatic rings. The lowest BCUT2D eigenvalue weighted by atomic mass is 10.2. The Morgan fingerprint density at radius 2 is 1.71 bits per heavy atom. The van der Waals surface area contributed by atoms with Crippen LogP contribution in [0.2, 0.25) is 0 Å². The zero-order valence-corrected chi connectivity index (χ0v) is 11.8. The highest BCUT2D eigenvalue weighted by Gasteiger charge is 2.14. The van der Waals surface area contributed by atoms with E-state index in [9.17, 15) is 9.59 Å². The van der Waals surface area contributed by atoms with Gasteiger partial charge in [-0.3, -0.25) is 4.90 Å². The molecule has 0 heterocycles. The summed E-state index contributed by atoms with van der Waals surface area (Å²) < 4.78 is 9.87. The Morgan fingerprint density at radius 3 is 2.38 bits per heavy atom. The third-order valence-corrected chi connectivity index (χ3v) is 2.88. The van der Waals surface area contributed by atoms with E-state index >= 15 is 0 Å². The monoisotopic (exact) mass is 285 g/mol. The zero-order valence-electron chi connectivity index (χ0n) is 11.8. The van der Waals surface area contributed by atoms with Crippen molar-refractivity contribution in [3.8, 4) is 5.75 Å². The van der Waals surface area contributed by atoms with Crippen LogP contribution in [0.25, 0.3) is 0 Å². The van der Waals surface area contributed by atoms with E-state index in [0.717, 1.165) is 0 Å². The van der Waals surface area contributed by atoms with Crippen molar-refractivity contribution in [1.29, 1.82) is 0 Å². The minimum absolute atomic E-state index is 0.283. The van der Waals surface area contributed by atoms with Crippen LogP contribution in [0, 0.1) is 0 Å². The number of para-hydroxylation sites is 1. The van der Waals surface area contributed by atoms with E-state index in [-0.39, 0.29) is 5.75 Å². The molecular formula is C16H15NO4. The van der Waals surface area contributed by atoms with E-state index in [1.54, 1.807) is 37.4 Å². The number of hydrogen-bond donors (Lipinski definition) is 0. The molecule has 0 radical (unpaired) electrons. The molecule has 0 unspecified atom stereocenters. The van der Waals surface area contributed by atoms with Gasteiger partial charge in [0.05, 0.1) is 12.7 Å². The zero-order chi connectivity index (χ0) is 15.2. The number of benzene rings is 2. The molecule has 0 saturated carbocycles. The lowest BCUT2D eigenvalue weighted by Crippen LogP contribution is -2.29. The summed E-state index contributed by atoms with van der Waals surface area (Å²) >= 11 is 0. The van der Waals surface area contributed by atoms with Gasteiger partial charge in [0.1, 0.15) is 5.75 Å². The number of carbonyl (C=O) groups excluding carboxylic acids is 2. The summed E-state index contributed by atoms with van der Waals surface area (Å²) in [6.07, 6.45) is -0.539. The lowest BCUT2D eigenvalue weighted by Gasteiger charge is -2.16. The van der Waals surface area contributed by atoms with E-state index in [1.165, 1.54) is 18.1 Å². The van der Waals surface area contributed by atoms with Crippen molar-refractivity contribution in [3.05, 3.63) is 60.2 Å². The molecule has 21 heavy (non-hydrogen) atoms. The molecule has 0 spiro atoms. The van der Waals surface area contributed by atoms with Gasteiger partial charge in [0, 0.05) is 12.7 Å². The third kappa shape index (κ3) is 3.60. The molecule has 0 saturated heterocycles. The van der Waals surface area contributed by atoms with Crippen LogP contribution >= 0.6 is 0 Å². The summed E-state index contributed by atoms with van der Waals surface area (Å²) in [5, 5.41) is 0. The average Bonchev–Trinajstić information content (AvgIpc) is 2.54. The fourth-order valence-corrected chi connectivity index (χ4v) is 1.73. The molecule has 2 rings (SSSR count). The number of esters is 1. The predicted molar refractivity (Wildman–Crippen MR) is 78.7 cm³/mol. The largest absolute Gasteiger partial charge is 0.465 e. The molecule has 0 fully saturated rings. The van der Waals surface area contributed by atoms with Crippen LogP contribution in [0.5, 0.6) is 5.75 Å². The Labute approximate surface area is 122 Å². The molecule has 0 aliphatic heterocycles. The van der Waals surface area contributed by atoms with E-state index in [2.05, 4.69) is 4.74 Å². The van der Waals surface area contributed by atoms with Crippen molar-refractivity contribution < 1.29 is 19.1 Å². The lowest BCUT2D eigenvalue weighted by molar-refractivity contribution is 0.0600. The topological polar surface area (TPSA) is 55.8 Å². The van der Waals surface area contributed by atoms with E-state index in [0.29, 0.717) is 11.3 Å². The van der Waals surface area contributed by atoms with Crippen LogP contribution in [-0.4, -0.2) is 26.2 Å². The molecule has 1 amide bonds. The van der Waals surface area contributed by atoms with Crippen molar-refractivity contribution >= 4 is 17.7 Å². The molecule has 5 nitrogen and oxygen atoms in total. The number of hydrogen-bond acceptors (Lipinski definition) is 4. The second-order valence-electron chi connectivity index (χ2n) is 4.28. The van der Waals surface area contributed by atoms with E-state index in [1.807, 2.05) is 18.2 Å². The van der Waals surface area contributed by atoms with Gasteiger partial charge in [-0.15, -0.1) is 0 Å². The molecule has 108 valence electrons. The fraction of sp³-hybridized carbons (Fsp3) is 0.125. The van der Waals surface area contributed by atoms with Crippen molar-refractivity contribution in [2.75, 3.05) is 19.1 Å². The van der Waals surface area contributed by atoms with Crippen LogP contribution in [0.3, 0.4) is 0 Å². The van der Waals surface area contributed by atoms with Crippen LogP contribution in [0.15, 0.2) is 54.6 Å². The van der Waals surface area contributed by atoms with Crippen molar-refractivity contribution in [1.82, 2.24) is 0 Å². The van der Waals surface area contributed by atoms with Gasteiger partial charge in [-0.25, -0.2) is 9.59 Å². The number of nitrogens with zero attached hydrogens (tertiary/aromatic N) is 1. The molecule has 0 bridgehead atoms. The second-order valence-corrected chi connectivity index (χ2v) is 4.28.